The van der Waals surface area contributed by atoms with Crippen molar-refractivity contribution in [3.8, 4) is 0 Å². The molecular weight excluding hydrogens is 390 g/mol. The summed E-state index contributed by atoms with van der Waals surface area (Å²) in [5.41, 5.74) is 2.46. The lowest BCUT2D eigenvalue weighted by atomic mass is 10.2. The van der Waals surface area contributed by atoms with Crippen molar-refractivity contribution in [3.05, 3.63) is 59.5 Å². The number of oxazole rings is 1. The molecule has 29 heavy (non-hydrogen) atoms. The van der Waals surface area contributed by atoms with Crippen molar-refractivity contribution in [2.24, 2.45) is 0 Å². The summed E-state index contributed by atoms with van der Waals surface area (Å²) in [5, 5.41) is 4.15. The highest BCUT2D eigenvalue weighted by Gasteiger charge is 2.21. The predicted molar refractivity (Wildman–Crippen MR) is 114 cm³/mol. The molecule has 1 saturated heterocycles. The Balaban J connectivity index is 1.55. The minimum Gasteiger partial charge on any atom is -0.441 e. The van der Waals surface area contributed by atoms with E-state index in [9.17, 15) is 9.18 Å². The number of carbonyl (C=O) groups excluding carboxylic acids is 1. The summed E-state index contributed by atoms with van der Waals surface area (Å²) in [6.45, 7) is 5.64. The van der Waals surface area contributed by atoms with Crippen molar-refractivity contribution in [2.75, 3.05) is 33.2 Å². The Labute approximate surface area is 170 Å². The Morgan fingerprint density at radius 2 is 2.17 bits per heavy atom. The van der Waals surface area contributed by atoms with Gasteiger partial charge >= 0.3 is 0 Å². The van der Waals surface area contributed by atoms with Gasteiger partial charge in [-0.15, -0.1) is 0 Å². The molecule has 4 rings (SSSR count). The molecule has 1 aromatic carbocycles. The third kappa shape index (κ3) is 4.26. The van der Waals surface area contributed by atoms with E-state index in [1.54, 1.807) is 13.0 Å². The van der Waals surface area contributed by atoms with Crippen LogP contribution < -0.4 is 5.32 Å². The number of piperazine rings is 1. The Kier molecular flexibility index (Phi) is 5.79. The van der Waals surface area contributed by atoms with E-state index in [-0.39, 0.29) is 19.9 Å². The highest BCUT2D eigenvalue weighted by Crippen LogP contribution is 2.41. The lowest BCUT2D eigenvalue weighted by molar-refractivity contribution is -0.104. The van der Waals surface area contributed by atoms with Gasteiger partial charge in [-0.2, -0.15) is 0 Å². The molecule has 0 spiro atoms. The Morgan fingerprint density at radius 3 is 2.90 bits per heavy atom. The van der Waals surface area contributed by atoms with Gasteiger partial charge in [0.1, 0.15) is 11.8 Å². The largest absolute Gasteiger partial charge is 0.441 e. The minimum absolute atomic E-state index is 0.100. The van der Waals surface area contributed by atoms with Gasteiger partial charge < -0.3 is 19.5 Å². The lowest BCUT2D eigenvalue weighted by Gasteiger charge is -2.35. The normalized spacial score (nSPS) is 20.7. The Morgan fingerprint density at radius 1 is 1.38 bits per heavy atom. The first kappa shape index (κ1) is 19.8. The zero-order chi connectivity index (χ0) is 20.4. The monoisotopic (exact) mass is 414 g/mol. The molecule has 8 heteroatoms. The van der Waals surface area contributed by atoms with Crippen molar-refractivity contribution >= 4 is 31.3 Å². The molecule has 2 aliphatic rings. The van der Waals surface area contributed by atoms with Gasteiger partial charge in [-0.25, -0.2) is 9.37 Å². The number of benzene rings is 1. The van der Waals surface area contributed by atoms with Crippen LogP contribution in [0.3, 0.4) is 0 Å². The number of allylic oxidation sites excluding steroid dienone is 2. The van der Waals surface area contributed by atoms with Crippen LogP contribution in [0.2, 0.25) is 0 Å². The summed E-state index contributed by atoms with van der Waals surface area (Å²) in [5.74, 6) is 0.0763. The molecule has 2 atom stereocenters. The molecule has 0 bridgehead atoms. The first-order valence-electron chi connectivity index (χ1n) is 9.62. The van der Waals surface area contributed by atoms with Crippen LogP contribution in [0.5, 0.6) is 0 Å². The fraction of sp³-hybridized carbons (Fsp3) is 0.333. The van der Waals surface area contributed by atoms with Gasteiger partial charge in [-0.1, -0.05) is 14.7 Å². The SMILES string of the molecule is Cc1nc2c(F)cc(/C(=C/C=O)PC3C=CC(N4CCNCC4)=CN3C)cc2o1. The van der Waals surface area contributed by atoms with Crippen LogP contribution in [0.4, 0.5) is 4.39 Å². The topological polar surface area (TPSA) is 61.6 Å². The van der Waals surface area contributed by atoms with Crippen LogP contribution in [0.15, 0.2) is 46.7 Å². The number of hydrogen-bond acceptors (Lipinski definition) is 6. The van der Waals surface area contributed by atoms with Gasteiger partial charge in [0.25, 0.3) is 0 Å². The molecule has 0 radical (unpaired) electrons. The van der Waals surface area contributed by atoms with Crippen LogP contribution >= 0.6 is 8.58 Å². The molecule has 152 valence electrons. The third-order valence-electron chi connectivity index (χ3n) is 5.11. The average molecular weight is 414 g/mol. The van der Waals surface area contributed by atoms with E-state index < -0.39 is 5.82 Å². The van der Waals surface area contributed by atoms with Crippen LogP contribution in [0.25, 0.3) is 16.4 Å². The fourth-order valence-corrected chi connectivity index (χ4v) is 4.89. The van der Waals surface area contributed by atoms with Gasteiger partial charge in [0.2, 0.25) is 0 Å². The highest BCUT2D eigenvalue weighted by atomic mass is 31.1. The summed E-state index contributed by atoms with van der Waals surface area (Å²) in [7, 11) is 2.31. The van der Waals surface area contributed by atoms with Gasteiger partial charge in [0.05, 0.1) is 11.5 Å². The van der Waals surface area contributed by atoms with Gasteiger partial charge in [-0.05, 0) is 35.2 Å². The smallest absolute Gasteiger partial charge is 0.192 e. The first-order chi connectivity index (χ1) is 14.0. The molecule has 0 amide bonds. The van der Waals surface area contributed by atoms with E-state index >= 15 is 0 Å². The number of aromatic nitrogens is 1. The van der Waals surface area contributed by atoms with Crippen LogP contribution in [0, 0.1) is 12.7 Å². The molecule has 1 aromatic heterocycles. The zero-order valence-corrected chi connectivity index (χ0v) is 17.5. The number of halogens is 1. The summed E-state index contributed by atoms with van der Waals surface area (Å²) < 4.78 is 20.0. The molecular formula is C21H24FN4O2P. The lowest BCUT2D eigenvalue weighted by Crippen LogP contribution is -2.43. The Hall–Kier alpha value is -2.50. The molecule has 1 fully saturated rings. The van der Waals surface area contributed by atoms with Crippen molar-refractivity contribution < 1.29 is 13.6 Å². The summed E-state index contributed by atoms with van der Waals surface area (Å²) in [4.78, 5) is 19.9. The second-order valence-electron chi connectivity index (χ2n) is 7.16. The van der Waals surface area contributed by atoms with Crippen LogP contribution in [-0.4, -0.2) is 60.1 Å². The number of aldehydes is 1. The maximum atomic E-state index is 14.5. The number of aryl methyl sites for hydroxylation is 1. The maximum Gasteiger partial charge on any atom is 0.192 e. The first-order valence-corrected chi connectivity index (χ1v) is 10.7. The van der Waals surface area contributed by atoms with E-state index in [2.05, 4.69) is 38.5 Å². The van der Waals surface area contributed by atoms with E-state index in [4.69, 9.17) is 4.42 Å². The molecule has 0 saturated carbocycles. The van der Waals surface area contributed by atoms with Crippen molar-refractivity contribution in [1.29, 1.82) is 0 Å². The van der Waals surface area contributed by atoms with E-state index in [1.807, 2.05) is 7.05 Å². The maximum absolute atomic E-state index is 14.5. The van der Waals surface area contributed by atoms with Crippen molar-refractivity contribution in [3.63, 3.8) is 0 Å². The molecule has 0 aliphatic carbocycles. The van der Waals surface area contributed by atoms with Crippen molar-refractivity contribution in [2.45, 2.75) is 12.7 Å². The number of nitrogens with zero attached hydrogens (tertiary/aromatic N) is 3. The summed E-state index contributed by atoms with van der Waals surface area (Å²) in [6.07, 6.45) is 8.71. The Bertz CT molecular complexity index is 1010. The summed E-state index contributed by atoms with van der Waals surface area (Å²) >= 11 is 0. The third-order valence-corrected chi connectivity index (χ3v) is 6.77. The van der Waals surface area contributed by atoms with Gasteiger partial charge in [0, 0.05) is 46.4 Å². The number of nitrogens with one attached hydrogen (secondary N) is 1. The number of fused-ring (bicyclic) bond motifs is 1. The molecule has 2 aromatic rings. The van der Waals surface area contributed by atoms with Crippen molar-refractivity contribution in [1.82, 2.24) is 20.1 Å². The molecule has 2 unspecified atom stereocenters. The van der Waals surface area contributed by atoms with Gasteiger partial charge in [0.15, 0.2) is 17.3 Å². The zero-order valence-electron chi connectivity index (χ0n) is 16.5. The quantitative estimate of drug-likeness (QED) is 0.461. The number of likely N-dealkylation sites (N-methyl/N-ethyl adjacent to an activating group) is 1. The number of carbonyl (C=O) groups is 1. The molecule has 1 N–H and O–H groups in total. The fourth-order valence-electron chi connectivity index (χ4n) is 3.63. The highest BCUT2D eigenvalue weighted by molar-refractivity contribution is 7.51. The minimum atomic E-state index is -0.440. The van der Waals surface area contributed by atoms with E-state index in [0.717, 1.165) is 37.8 Å². The molecule has 2 aliphatic heterocycles. The van der Waals surface area contributed by atoms with Gasteiger partial charge in [-0.3, -0.25) is 4.79 Å². The number of rotatable bonds is 5. The standard InChI is InChI=1S/C21H24FN4O2P/c1-14-24-21-17(22)11-15(12-18(21)28-14)19(5-10-27)29-20-4-3-16(13-25(20)2)26-8-6-23-7-9-26/h3-5,10-13,20,23,29H,6-9H2,1-2H3/b19-5-. The predicted octanol–water partition coefficient (Wildman–Crippen LogP) is 3.07. The second-order valence-corrected chi connectivity index (χ2v) is 8.58. The molecule has 6 nitrogen and oxygen atoms in total. The van der Waals surface area contributed by atoms with Crippen LogP contribution in [-0.2, 0) is 4.79 Å². The molecule has 3 heterocycles. The number of hydrogen-bond donors (Lipinski definition) is 1. The average Bonchev–Trinajstić information content (AvgIpc) is 3.10. The second kappa shape index (κ2) is 8.47. The van der Waals surface area contributed by atoms with Crippen LogP contribution in [0.1, 0.15) is 11.5 Å². The van der Waals surface area contributed by atoms with E-state index in [1.165, 1.54) is 17.8 Å². The van der Waals surface area contributed by atoms with E-state index in [0.29, 0.717) is 17.0 Å². The summed E-state index contributed by atoms with van der Waals surface area (Å²) in [6, 6.07) is 3.19.